The first-order chi connectivity index (χ1) is 26.6. The fourth-order valence-electron chi connectivity index (χ4n) is 8.06. The van der Waals surface area contributed by atoms with Crippen molar-refractivity contribution in [2.75, 3.05) is 13.2 Å². The molecule has 0 aliphatic carbocycles. The summed E-state index contributed by atoms with van der Waals surface area (Å²) in [4.78, 5) is 57.0. The summed E-state index contributed by atoms with van der Waals surface area (Å²) in [6.07, 6.45) is 1.67. The number of nitrogens with zero attached hydrogens (tertiary/aromatic N) is 2. The van der Waals surface area contributed by atoms with Crippen molar-refractivity contribution in [1.82, 2.24) is 20.6 Å². The molecule has 1 aromatic heterocycles. The zero-order valence-corrected chi connectivity index (χ0v) is 32.6. The number of aromatic nitrogens is 1. The van der Waals surface area contributed by atoms with Crippen LogP contribution in [0.4, 0.5) is 13.4 Å². The van der Waals surface area contributed by atoms with Gasteiger partial charge in [0, 0.05) is 36.3 Å². The van der Waals surface area contributed by atoms with Gasteiger partial charge >= 0.3 is 19.0 Å². The molecule has 0 saturated heterocycles. The number of ether oxygens (including phenoxy) is 1. The summed E-state index contributed by atoms with van der Waals surface area (Å²) in [6.45, 7) is 7.76. The minimum absolute atomic E-state index is 0.0492. The largest absolute Gasteiger partial charge is 0.737 e. The van der Waals surface area contributed by atoms with Gasteiger partial charge in [-0.25, -0.2) is 9.59 Å². The number of hydrogen-bond acceptors (Lipinski definition) is 6. The molecular weight excluding hydrogens is 719 g/mol. The molecule has 0 saturated carbocycles. The molecule has 4 aromatic rings. The van der Waals surface area contributed by atoms with E-state index in [0.717, 1.165) is 47.6 Å². The minimum atomic E-state index is -4.09. The first-order valence-electron chi connectivity index (χ1n) is 18.6. The summed E-state index contributed by atoms with van der Waals surface area (Å²) in [7, 11) is 0. The van der Waals surface area contributed by atoms with Gasteiger partial charge in [-0.15, -0.1) is 0 Å². The topological polar surface area (TPSA) is 131 Å². The average molecular weight is 766 g/mol. The molecule has 3 heterocycles. The molecule has 11 nitrogen and oxygen atoms in total. The first kappa shape index (κ1) is 39.6. The molecule has 3 N–H and O–H groups in total. The van der Waals surface area contributed by atoms with Gasteiger partial charge in [-0.3, -0.25) is 9.59 Å². The Balaban J connectivity index is 1.10. The molecular formula is C42H46BF2N5O6. The van der Waals surface area contributed by atoms with E-state index in [2.05, 4.69) is 16.1 Å². The van der Waals surface area contributed by atoms with Crippen LogP contribution in [0, 0.1) is 34.6 Å². The third-order valence-electron chi connectivity index (χ3n) is 10.3. The van der Waals surface area contributed by atoms with E-state index in [1.165, 1.54) is 0 Å². The smallest absolute Gasteiger partial charge is 0.450 e. The molecule has 0 radical (unpaired) electrons. The summed E-state index contributed by atoms with van der Waals surface area (Å²) in [5, 5.41) is 7.08. The molecule has 0 spiro atoms. The molecule has 0 fully saturated rings. The van der Waals surface area contributed by atoms with E-state index in [9.17, 15) is 19.2 Å². The number of hydroxylamine groups is 1. The number of benzene rings is 3. The van der Waals surface area contributed by atoms with Crippen LogP contribution >= 0.6 is 0 Å². The summed E-state index contributed by atoms with van der Waals surface area (Å²) < 4.78 is 39.6. The van der Waals surface area contributed by atoms with Crippen molar-refractivity contribution < 1.29 is 41.9 Å². The number of nitrogens with one attached hydrogen (secondary N) is 3. The molecule has 14 heteroatoms. The van der Waals surface area contributed by atoms with Crippen molar-refractivity contribution in [3.8, 4) is 0 Å². The Morgan fingerprint density at radius 3 is 2.29 bits per heavy atom. The van der Waals surface area contributed by atoms with Gasteiger partial charge in [0.25, 0.3) is 5.91 Å². The highest BCUT2D eigenvalue weighted by atomic mass is 19.2. The van der Waals surface area contributed by atoms with Crippen LogP contribution in [-0.2, 0) is 25.6 Å². The third-order valence-corrected chi connectivity index (χ3v) is 10.3. The van der Waals surface area contributed by atoms with Crippen molar-refractivity contribution in [3.63, 3.8) is 0 Å². The molecule has 6 rings (SSSR count). The predicted molar refractivity (Wildman–Crippen MR) is 211 cm³/mol. The van der Waals surface area contributed by atoms with Crippen molar-refractivity contribution in [1.29, 1.82) is 0 Å². The monoisotopic (exact) mass is 765 g/mol. The Bertz CT molecular complexity index is 2360. The summed E-state index contributed by atoms with van der Waals surface area (Å²) in [5.41, 5.74) is 9.68. The third kappa shape index (κ3) is 8.00. The molecule has 2 aliphatic heterocycles. The lowest BCUT2D eigenvalue weighted by atomic mass is 9.85. The Labute approximate surface area is 324 Å². The van der Waals surface area contributed by atoms with Crippen LogP contribution in [0.25, 0.3) is 16.3 Å². The van der Waals surface area contributed by atoms with Gasteiger partial charge < -0.3 is 37.8 Å². The maximum Gasteiger partial charge on any atom is 0.737 e. The van der Waals surface area contributed by atoms with Crippen LogP contribution in [-0.4, -0.2) is 64.7 Å². The fraction of sp³-hybridized carbons (Fsp3) is 0.310. The Hall–Kier alpha value is -6.05. The van der Waals surface area contributed by atoms with Crippen LogP contribution in [0.2, 0.25) is 0 Å². The van der Waals surface area contributed by atoms with E-state index in [1.807, 2.05) is 75.4 Å². The Morgan fingerprint density at radius 1 is 0.875 bits per heavy atom. The number of hydrogen-bond donors (Lipinski definition) is 3. The summed E-state index contributed by atoms with van der Waals surface area (Å²) >= 11 is 0. The summed E-state index contributed by atoms with van der Waals surface area (Å²) in [5.74, 6) is -2.19. The molecule has 1 atom stereocenters. The Kier molecular flexibility index (Phi) is 11.3. The minimum Gasteiger partial charge on any atom is -0.450 e. The maximum absolute atomic E-state index is 15.9. The van der Waals surface area contributed by atoms with E-state index in [4.69, 9.17) is 9.57 Å². The van der Waals surface area contributed by atoms with Crippen LogP contribution in [0.5, 0.6) is 0 Å². The van der Waals surface area contributed by atoms with Gasteiger partial charge in [0.1, 0.15) is 11.8 Å². The highest BCUT2D eigenvalue weighted by Crippen LogP contribution is 2.43. The van der Waals surface area contributed by atoms with Crippen molar-refractivity contribution in [2.24, 2.45) is 0 Å². The number of aryl methyl sites for hydroxylation is 5. The van der Waals surface area contributed by atoms with Crippen LogP contribution in [0.1, 0.15) is 76.3 Å². The molecule has 3 amide bonds. The lowest BCUT2D eigenvalue weighted by Crippen LogP contribution is -2.51. The zero-order chi connectivity index (χ0) is 40.5. The fourth-order valence-corrected chi connectivity index (χ4v) is 8.06. The average Bonchev–Trinajstić information content (AvgIpc) is 3.62. The summed E-state index contributed by atoms with van der Waals surface area (Å²) in [6, 6.07) is 17.7. The first-order valence-corrected chi connectivity index (χ1v) is 18.6. The van der Waals surface area contributed by atoms with Gasteiger partial charge in [0.15, 0.2) is 5.70 Å². The van der Waals surface area contributed by atoms with Gasteiger partial charge in [0.05, 0.1) is 18.7 Å². The van der Waals surface area contributed by atoms with Gasteiger partial charge in [-0.1, -0.05) is 60.2 Å². The maximum atomic E-state index is 15.9. The van der Waals surface area contributed by atoms with E-state index < -0.39 is 43.4 Å². The zero-order valence-electron chi connectivity index (χ0n) is 32.6. The SMILES string of the molecule is CC1=CC(C)=[N+]2C1=C(CCCOC(=O)N[C@H](Cc1ccc3ccccc3c1)C(=O)NCC(=O)NOC(=O)c1c(C)cc(C)cc1C)c1c(C)cc(C)n1[B-]2(F)F. The number of alkyl carbamates (subject to hydrolysis) is 1. The molecule has 292 valence electrons. The van der Waals surface area contributed by atoms with E-state index in [-0.39, 0.29) is 13.0 Å². The normalized spacial score (nSPS) is 14.8. The lowest BCUT2D eigenvalue weighted by Gasteiger charge is -2.34. The molecule has 0 bridgehead atoms. The second-order valence-corrected chi connectivity index (χ2v) is 14.7. The number of amides is 3. The van der Waals surface area contributed by atoms with Crippen LogP contribution < -0.4 is 16.1 Å². The highest BCUT2D eigenvalue weighted by Gasteiger charge is 2.54. The second-order valence-electron chi connectivity index (χ2n) is 14.7. The van der Waals surface area contributed by atoms with E-state index >= 15 is 8.63 Å². The number of rotatable bonds is 11. The molecule has 0 unspecified atom stereocenters. The Morgan fingerprint density at radius 2 is 1.57 bits per heavy atom. The molecule has 3 aromatic carbocycles. The van der Waals surface area contributed by atoms with Crippen molar-refractivity contribution in [3.05, 3.63) is 123 Å². The van der Waals surface area contributed by atoms with Crippen LogP contribution in [0.15, 0.2) is 78.0 Å². The number of carbonyl (C=O) groups is 4. The highest BCUT2D eigenvalue weighted by molar-refractivity contribution is 6.58. The van der Waals surface area contributed by atoms with Crippen LogP contribution in [0.3, 0.4) is 0 Å². The van der Waals surface area contributed by atoms with Crippen molar-refractivity contribution >= 4 is 52.9 Å². The van der Waals surface area contributed by atoms with E-state index in [0.29, 0.717) is 52.3 Å². The molecule has 56 heavy (non-hydrogen) atoms. The number of fused-ring (bicyclic) bond motifs is 3. The standard InChI is InChI=1S/C42H46BF2N5O6/c1-24-17-25(2)37(26(3)18-24)41(53)56-48-36(51)23-46-40(52)35(22-31-14-15-32-11-8-9-12-33(32)21-31)47-42(54)55-16-10-13-34-38-27(4)19-29(6)49(38)43(44,45)50-30(7)20-28(5)39(34)50/h8-9,11-12,14-15,17-21,35H,10,13,16,22-23H2,1-7H3,(H,46,52)(H,47,54)(H,48,51)/t35-/m1/s1. The number of carbonyl (C=O) groups excluding carboxylic acids is 4. The van der Waals surface area contributed by atoms with Gasteiger partial charge in [-0.2, -0.15) is 5.48 Å². The predicted octanol–water partition coefficient (Wildman–Crippen LogP) is 6.69. The molecule has 2 aliphatic rings. The number of allylic oxidation sites excluding steroid dienone is 3. The second kappa shape index (κ2) is 16.0. The van der Waals surface area contributed by atoms with Gasteiger partial charge in [-0.05, 0) is 99.2 Å². The van der Waals surface area contributed by atoms with E-state index in [1.54, 1.807) is 39.8 Å². The number of halogens is 2. The lowest BCUT2D eigenvalue weighted by molar-refractivity contribution is -0.363. The van der Waals surface area contributed by atoms with Crippen molar-refractivity contribution in [2.45, 2.75) is 73.8 Å². The van der Waals surface area contributed by atoms with Gasteiger partial charge in [0.2, 0.25) is 5.91 Å². The quantitative estimate of drug-likeness (QED) is 0.0887.